The van der Waals surface area contributed by atoms with Crippen LogP contribution < -0.4 is 5.73 Å². The first-order valence-corrected chi connectivity index (χ1v) is 3.97. The summed E-state index contributed by atoms with van der Waals surface area (Å²) in [7, 11) is 0. The molecule has 0 bridgehead atoms. The molecular formula is C8H17N. The van der Waals surface area contributed by atoms with Crippen molar-refractivity contribution in [2.75, 3.05) is 0 Å². The molecule has 9 heavy (non-hydrogen) atoms. The molecule has 2 N–H and O–H groups in total. The van der Waals surface area contributed by atoms with E-state index < -0.39 is 0 Å². The fraction of sp³-hybridized carbons (Fsp3) is 1.00. The number of nitrogens with two attached hydrogens (primary N) is 1. The third-order valence-electron chi connectivity index (χ3n) is 2.60. The average Bonchev–Trinajstić information content (AvgIpc) is 2.13. The van der Waals surface area contributed by atoms with Gasteiger partial charge in [0.1, 0.15) is 0 Å². The lowest BCUT2D eigenvalue weighted by atomic mass is 9.92. The van der Waals surface area contributed by atoms with Crippen LogP contribution in [0.15, 0.2) is 0 Å². The first-order valence-electron chi connectivity index (χ1n) is 3.97. The van der Waals surface area contributed by atoms with Gasteiger partial charge < -0.3 is 5.73 Å². The van der Waals surface area contributed by atoms with E-state index >= 15 is 0 Å². The molecule has 1 heteroatoms. The zero-order valence-electron chi connectivity index (χ0n) is 6.43. The van der Waals surface area contributed by atoms with Crippen molar-refractivity contribution in [2.24, 2.45) is 17.6 Å². The molecule has 0 aliphatic heterocycles. The summed E-state index contributed by atoms with van der Waals surface area (Å²) in [6, 6.07) is 0.419. The first kappa shape index (κ1) is 7.07. The van der Waals surface area contributed by atoms with Crippen LogP contribution in [0.1, 0.15) is 33.1 Å². The average molecular weight is 127 g/mol. The highest BCUT2D eigenvalue weighted by Gasteiger charge is 2.25. The highest BCUT2D eigenvalue weighted by Crippen LogP contribution is 2.32. The standard InChI is InChI=1S/C8H17N/c1-6-4-3-5-8(6)7(2)9/h6-8H,3-5,9H2,1-2H3. The van der Waals surface area contributed by atoms with E-state index in [4.69, 9.17) is 5.73 Å². The minimum absolute atomic E-state index is 0.419. The second kappa shape index (κ2) is 2.70. The fourth-order valence-electron chi connectivity index (χ4n) is 1.96. The Labute approximate surface area is 57.6 Å². The molecule has 1 nitrogen and oxygen atoms in total. The predicted molar refractivity (Wildman–Crippen MR) is 40.2 cm³/mol. The van der Waals surface area contributed by atoms with Gasteiger partial charge in [-0.15, -0.1) is 0 Å². The van der Waals surface area contributed by atoms with Gasteiger partial charge in [-0.1, -0.05) is 19.8 Å². The molecule has 0 spiro atoms. The van der Waals surface area contributed by atoms with Crippen LogP contribution in [0.5, 0.6) is 0 Å². The molecule has 3 atom stereocenters. The van der Waals surface area contributed by atoms with Crippen molar-refractivity contribution in [1.82, 2.24) is 0 Å². The first-order chi connectivity index (χ1) is 4.22. The van der Waals surface area contributed by atoms with E-state index in [1.807, 2.05) is 0 Å². The maximum atomic E-state index is 5.79. The van der Waals surface area contributed by atoms with Crippen molar-refractivity contribution in [2.45, 2.75) is 39.2 Å². The van der Waals surface area contributed by atoms with Crippen LogP contribution in [0.4, 0.5) is 0 Å². The van der Waals surface area contributed by atoms with Crippen molar-refractivity contribution in [3.63, 3.8) is 0 Å². The summed E-state index contributed by atoms with van der Waals surface area (Å²) in [6.07, 6.45) is 4.15. The van der Waals surface area contributed by atoms with Crippen LogP contribution >= 0.6 is 0 Å². The summed E-state index contributed by atoms with van der Waals surface area (Å²) in [5.41, 5.74) is 5.79. The molecule has 54 valence electrons. The van der Waals surface area contributed by atoms with E-state index in [1.54, 1.807) is 0 Å². The molecule has 0 aromatic carbocycles. The maximum absolute atomic E-state index is 5.79. The topological polar surface area (TPSA) is 26.0 Å². The third-order valence-corrected chi connectivity index (χ3v) is 2.60. The molecule has 0 saturated heterocycles. The quantitative estimate of drug-likeness (QED) is 0.570. The Balaban J connectivity index is 2.40. The molecule has 1 fully saturated rings. The molecule has 1 saturated carbocycles. The molecule has 0 heterocycles. The van der Waals surface area contributed by atoms with Crippen LogP contribution in [0.2, 0.25) is 0 Å². The summed E-state index contributed by atoms with van der Waals surface area (Å²) in [5, 5.41) is 0. The highest BCUT2D eigenvalue weighted by atomic mass is 14.6. The van der Waals surface area contributed by atoms with Crippen molar-refractivity contribution < 1.29 is 0 Å². The van der Waals surface area contributed by atoms with Crippen molar-refractivity contribution >= 4 is 0 Å². The maximum Gasteiger partial charge on any atom is 0.00413 e. The zero-order chi connectivity index (χ0) is 6.85. The molecule has 1 rings (SSSR count). The van der Waals surface area contributed by atoms with E-state index in [0.29, 0.717) is 6.04 Å². The van der Waals surface area contributed by atoms with Gasteiger partial charge in [0.25, 0.3) is 0 Å². The monoisotopic (exact) mass is 127 g/mol. The SMILES string of the molecule is CC(N)C1CCCC1C. The molecule has 0 aromatic rings. The van der Waals surface area contributed by atoms with E-state index in [-0.39, 0.29) is 0 Å². The Kier molecular flexibility index (Phi) is 2.12. The Hall–Kier alpha value is -0.0400. The van der Waals surface area contributed by atoms with Gasteiger partial charge in [0.2, 0.25) is 0 Å². The van der Waals surface area contributed by atoms with Gasteiger partial charge >= 0.3 is 0 Å². The lowest BCUT2D eigenvalue weighted by Crippen LogP contribution is -2.27. The largest absolute Gasteiger partial charge is 0.328 e. The normalized spacial score (nSPS) is 39.0. The predicted octanol–water partition coefficient (Wildman–Crippen LogP) is 1.77. The lowest BCUT2D eigenvalue weighted by Gasteiger charge is -2.18. The summed E-state index contributed by atoms with van der Waals surface area (Å²) in [5.74, 6) is 1.69. The number of rotatable bonds is 1. The van der Waals surface area contributed by atoms with Gasteiger partial charge in [0.05, 0.1) is 0 Å². The van der Waals surface area contributed by atoms with E-state index in [1.165, 1.54) is 19.3 Å². The number of hydrogen-bond donors (Lipinski definition) is 1. The molecular weight excluding hydrogens is 110 g/mol. The Bertz CT molecular complexity index is 88.6. The van der Waals surface area contributed by atoms with Gasteiger partial charge in [-0.3, -0.25) is 0 Å². The van der Waals surface area contributed by atoms with Crippen LogP contribution in [0.25, 0.3) is 0 Å². The summed E-state index contributed by atoms with van der Waals surface area (Å²) >= 11 is 0. The Morgan fingerprint density at radius 2 is 2.11 bits per heavy atom. The van der Waals surface area contributed by atoms with Crippen LogP contribution in [0, 0.1) is 11.8 Å². The van der Waals surface area contributed by atoms with Gasteiger partial charge in [-0.05, 0) is 25.2 Å². The molecule has 1 aliphatic rings. The van der Waals surface area contributed by atoms with Crippen molar-refractivity contribution in [3.05, 3.63) is 0 Å². The summed E-state index contributed by atoms with van der Waals surface area (Å²) in [6.45, 7) is 4.45. The van der Waals surface area contributed by atoms with Crippen molar-refractivity contribution in [1.29, 1.82) is 0 Å². The minimum Gasteiger partial charge on any atom is -0.328 e. The molecule has 0 amide bonds. The van der Waals surface area contributed by atoms with Gasteiger partial charge in [-0.25, -0.2) is 0 Å². The van der Waals surface area contributed by atoms with E-state index in [0.717, 1.165) is 11.8 Å². The third kappa shape index (κ3) is 1.45. The van der Waals surface area contributed by atoms with E-state index in [2.05, 4.69) is 13.8 Å². The number of hydrogen-bond acceptors (Lipinski definition) is 1. The highest BCUT2D eigenvalue weighted by molar-refractivity contribution is 4.79. The summed E-state index contributed by atoms with van der Waals surface area (Å²) in [4.78, 5) is 0. The smallest absolute Gasteiger partial charge is 0.00413 e. The van der Waals surface area contributed by atoms with Gasteiger partial charge in [0.15, 0.2) is 0 Å². The second-order valence-corrected chi connectivity index (χ2v) is 3.43. The molecule has 0 radical (unpaired) electrons. The molecule has 3 unspecified atom stereocenters. The van der Waals surface area contributed by atoms with Gasteiger partial charge in [0, 0.05) is 6.04 Å². The van der Waals surface area contributed by atoms with Crippen molar-refractivity contribution in [3.8, 4) is 0 Å². The zero-order valence-corrected chi connectivity index (χ0v) is 6.43. The van der Waals surface area contributed by atoms with Crippen LogP contribution in [-0.2, 0) is 0 Å². The second-order valence-electron chi connectivity index (χ2n) is 3.43. The minimum atomic E-state index is 0.419. The van der Waals surface area contributed by atoms with Gasteiger partial charge in [-0.2, -0.15) is 0 Å². The lowest BCUT2D eigenvalue weighted by molar-refractivity contribution is 0.361. The van der Waals surface area contributed by atoms with Crippen LogP contribution in [-0.4, -0.2) is 6.04 Å². The fourth-order valence-corrected chi connectivity index (χ4v) is 1.96. The summed E-state index contributed by atoms with van der Waals surface area (Å²) < 4.78 is 0. The van der Waals surface area contributed by atoms with E-state index in [9.17, 15) is 0 Å². The Morgan fingerprint density at radius 3 is 2.33 bits per heavy atom. The molecule has 0 aromatic heterocycles. The molecule has 1 aliphatic carbocycles. The van der Waals surface area contributed by atoms with Crippen LogP contribution in [0.3, 0.4) is 0 Å². The Morgan fingerprint density at radius 1 is 1.44 bits per heavy atom.